The molecule has 4 aromatic rings. The minimum atomic E-state index is -0.292. The highest BCUT2D eigenvalue weighted by molar-refractivity contribution is 6.31. The third-order valence-electron chi connectivity index (χ3n) is 6.00. The van der Waals surface area contributed by atoms with E-state index in [1.807, 2.05) is 42.1 Å². The smallest absolute Gasteiger partial charge is 0.257 e. The van der Waals surface area contributed by atoms with Crippen molar-refractivity contribution in [3.05, 3.63) is 88.8 Å². The number of nitrogens with one attached hydrogen (secondary N) is 1. The average molecular weight is 459 g/mol. The number of para-hydroxylation sites is 1. The second-order valence-corrected chi connectivity index (χ2v) is 8.70. The number of pyridine rings is 1. The van der Waals surface area contributed by atoms with Gasteiger partial charge in [-0.15, -0.1) is 0 Å². The Kier molecular flexibility index (Phi) is 5.60. The summed E-state index contributed by atoms with van der Waals surface area (Å²) in [6.07, 6.45) is 5.50. The summed E-state index contributed by atoms with van der Waals surface area (Å²) in [6, 6.07) is 16.8. The van der Waals surface area contributed by atoms with Gasteiger partial charge in [0, 0.05) is 47.6 Å². The minimum Gasteiger partial charge on any atom is -0.350 e. The predicted octanol–water partition coefficient (Wildman–Crippen LogP) is 5.00. The predicted molar refractivity (Wildman–Crippen MR) is 131 cm³/mol. The van der Waals surface area contributed by atoms with Gasteiger partial charge in [-0.3, -0.25) is 14.6 Å². The van der Waals surface area contributed by atoms with Gasteiger partial charge in [0.15, 0.2) is 0 Å². The lowest BCUT2D eigenvalue weighted by atomic mass is 10.0. The molecule has 2 aromatic carbocycles. The number of aromatic nitrogens is 2. The molecule has 6 nitrogen and oxygen atoms in total. The van der Waals surface area contributed by atoms with E-state index in [9.17, 15) is 9.59 Å². The molecule has 1 aliphatic rings. The highest BCUT2D eigenvalue weighted by Gasteiger charge is 2.25. The van der Waals surface area contributed by atoms with Crippen LogP contribution in [-0.2, 0) is 24.7 Å². The van der Waals surface area contributed by atoms with Crippen molar-refractivity contribution in [3.63, 3.8) is 0 Å². The van der Waals surface area contributed by atoms with Crippen LogP contribution in [0.15, 0.2) is 67.0 Å². The molecule has 166 valence electrons. The number of aryl methyl sites for hydroxylation is 2. The van der Waals surface area contributed by atoms with Gasteiger partial charge in [-0.25, -0.2) is 0 Å². The number of anilines is 2. The second-order valence-electron chi connectivity index (χ2n) is 8.26. The summed E-state index contributed by atoms with van der Waals surface area (Å²) >= 11 is 6.02. The molecule has 2 amide bonds. The van der Waals surface area contributed by atoms with E-state index in [4.69, 9.17) is 11.6 Å². The Balaban J connectivity index is 1.41. The first-order chi connectivity index (χ1) is 16.0. The highest BCUT2D eigenvalue weighted by Crippen LogP contribution is 2.29. The summed E-state index contributed by atoms with van der Waals surface area (Å²) in [4.78, 5) is 32.5. The molecule has 0 fully saturated rings. The molecule has 7 heteroatoms. The van der Waals surface area contributed by atoms with Crippen LogP contribution in [0.2, 0.25) is 5.02 Å². The second kappa shape index (κ2) is 8.71. The Morgan fingerprint density at radius 1 is 1.12 bits per heavy atom. The summed E-state index contributed by atoms with van der Waals surface area (Å²) in [7, 11) is 1.99. The Bertz CT molecular complexity index is 1380. The fourth-order valence-electron chi connectivity index (χ4n) is 4.41. The maximum atomic E-state index is 13.4. The molecular weight excluding hydrogens is 436 g/mol. The first-order valence-corrected chi connectivity index (χ1v) is 11.3. The van der Waals surface area contributed by atoms with Gasteiger partial charge in [-0.05, 0) is 48.7 Å². The number of carbonyl (C=O) groups is 2. The highest BCUT2D eigenvalue weighted by atomic mass is 35.5. The topological polar surface area (TPSA) is 67.2 Å². The van der Waals surface area contributed by atoms with Crippen LogP contribution in [0.4, 0.5) is 11.4 Å². The van der Waals surface area contributed by atoms with E-state index in [-0.39, 0.29) is 11.8 Å². The monoisotopic (exact) mass is 458 g/mol. The molecule has 0 radical (unpaired) electrons. The maximum absolute atomic E-state index is 13.4. The van der Waals surface area contributed by atoms with Crippen molar-refractivity contribution in [2.75, 3.05) is 16.8 Å². The van der Waals surface area contributed by atoms with E-state index < -0.39 is 0 Å². The standard InChI is InChI=1S/C26H23ClN4O2/c1-30-16-18(21-8-2-3-10-23(21)30)13-25(32)31-11-5-9-22-24(31)12-17(15-28-22)26(33)29-20-7-4-6-19(27)14-20/h2-4,6-8,10,12,14-16H,5,9,11,13H2,1H3,(H,29,33). The molecule has 2 aromatic heterocycles. The normalized spacial score (nSPS) is 13.1. The van der Waals surface area contributed by atoms with E-state index in [2.05, 4.69) is 10.3 Å². The Labute approximate surface area is 196 Å². The van der Waals surface area contributed by atoms with Crippen molar-refractivity contribution in [2.24, 2.45) is 7.05 Å². The molecule has 5 rings (SSSR count). The zero-order valence-electron chi connectivity index (χ0n) is 18.2. The maximum Gasteiger partial charge on any atom is 0.257 e. The summed E-state index contributed by atoms with van der Waals surface area (Å²) in [5, 5.41) is 4.47. The molecular formula is C26H23ClN4O2. The SMILES string of the molecule is Cn1cc(CC(=O)N2CCCc3ncc(C(=O)Nc4cccc(Cl)c4)cc32)c2ccccc21. The Hall–Kier alpha value is -3.64. The minimum absolute atomic E-state index is 0.00139. The van der Waals surface area contributed by atoms with E-state index in [0.717, 1.165) is 35.0 Å². The molecule has 0 spiro atoms. The van der Waals surface area contributed by atoms with Crippen LogP contribution in [-0.4, -0.2) is 27.9 Å². The molecule has 0 bridgehead atoms. The van der Waals surface area contributed by atoms with E-state index >= 15 is 0 Å². The first kappa shape index (κ1) is 21.2. The van der Waals surface area contributed by atoms with Gasteiger partial charge < -0.3 is 14.8 Å². The van der Waals surface area contributed by atoms with E-state index in [1.165, 1.54) is 0 Å². The molecule has 0 aliphatic carbocycles. The largest absolute Gasteiger partial charge is 0.350 e. The van der Waals surface area contributed by atoms with Crippen LogP contribution in [0.25, 0.3) is 10.9 Å². The number of hydrogen-bond acceptors (Lipinski definition) is 3. The summed E-state index contributed by atoms with van der Waals surface area (Å²) in [5.74, 6) is -0.291. The van der Waals surface area contributed by atoms with Crippen molar-refractivity contribution in [1.82, 2.24) is 9.55 Å². The molecule has 1 N–H and O–H groups in total. The number of fused-ring (bicyclic) bond motifs is 2. The van der Waals surface area contributed by atoms with Gasteiger partial charge in [-0.2, -0.15) is 0 Å². The number of rotatable bonds is 4. The lowest BCUT2D eigenvalue weighted by Gasteiger charge is -2.29. The number of hydrogen-bond donors (Lipinski definition) is 1. The van der Waals surface area contributed by atoms with Crippen molar-refractivity contribution in [2.45, 2.75) is 19.3 Å². The average Bonchev–Trinajstić information content (AvgIpc) is 3.13. The van der Waals surface area contributed by atoms with Gasteiger partial charge in [0.25, 0.3) is 5.91 Å². The first-order valence-electron chi connectivity index (χ1n) is 10.9. The third kappa shape index (κ3) is 4.22. The van der Waals surface area contributed by atoms with E-state index in [1.54, 1.807) is 41.4 Å². The molecule has 33 heavy (non-hydrogen) atoms. The van der Waals surface area contributed by atoms with Gasteiger partial charge in [0.05, 0.1) is 23.4 Å². The van der Waals surface area contributed by atoms with Gasteiger partial charge in [0.1, 0.15) is 0 Å². The quantitative estimate of drug-likeness (QED) is 0.468. The molecule has 3 heterocycles. The van der Waals surface area contributed by atoms with Crippen molar-refractivity contribution >= 4 is 45.7 Å². The number of amides is 2. The third-order valence-corrected chi connectivity index (χ3v) is 6.24. The number of benzene rings is 2. The lowest BCUT2D eigenvalue weighted by molar-refractivity contribution is -0.118. The fourth-order valence-corrected chi connectivity index (χ4v) is 4.60. The molecule has 0 saturated carbocycles. The molecule has 1 aliphatic heterocycles. The van der Waals surface area contributed by atoms with Crippen molar-refractivity contribution in [3.8, 4) is 0 Å². The van der Waals surface area contributed by atoms with Crippen LogP contribution in [0.5, 0.6) is 0 Å². The van der Waals surface area contributed by atoms with Gasteiger partial charge in [0.2, 0.25) is 5.91 Å². The van der Waals surface area contributed by atoms with Crippen molar-refractivity contribution < 1.29 is 9.59 Å². The molecule has 0 atom stereocenters. The number of carbonyl (C=O) groups excluding carboxylic acids is 2. The lowest BCUT2D eigenvalue weighted by Crippen LogP contribution is -2.37. The summed E-state index contributed by atoms with van der Waals surface area (Å²) in [6.45, 7) is 0.609. The fraction of sp³-hybridized carbons (Fsp3) is 0.192. The molecule has 0 unspecified atom stereocenters. The zero-order chi connectivity index (χ0) is 22.9. The summed E-state index contributed by atoms with van der Waals surface area (Å²) < 4.78 is 2.04. The van der Waals surface area contributed by atoms with Crippen LogP contribution >= 0.6 is 11.6 Å². The summed E-state index contributed by atoms with van der Waals surface area (Å²) in [5.41, 5.74) is 4.65. The zero-order valence-corrected chi connectivity index (χ0v) is 19.0. The van der Waals surface area contributed by atoms with Crippen LogP contribution < -0.4 is 10.2 Å². The van der Waals surface area contributed by atoms with Gasteiger partial charge in [-0.1, -0.05) is 35.9 Å². The van der Waals surface area contributed by atoms with Crippen LogP contribution in [0.1, 0.15) is 28.0 Å². The van der Waals surface area contributed by atoms with Crippen LogP contribution in [0, 0.1) is 0 Å². The van der Waals surface area contributed by atoms with Gasteiger partial charge >= 0.3 is 0 Å². The van der Waals surface area contributed by atoms with Crippen molar-refractivity contribution in [1.29, 1.82) is 0 Å². The number of nitrogens with zero attached hydrogens (tertiary/aromatic N) is 3. The Morgan fingerprint density at radius 2 is 1.97 bits per heavy atom. The molecule has 0 saturated heterocycles. The Morgan fingerprint density at radius 3 is 2.82 bits per heavy atom. The number of halogens is 1. The van der Waals surface area contributed by atoms with E-state index in [0.29, 0.717) is 34.9 Å². The van der Waals surface area contributed by atoms with Crippen LogP contribution in [0.3, 0.4) is 0 Å².